The van der Waals surface area contributed by atoms with Gasteiger partial charge in [0.1, 0.15) is 41.4 Å². The molecule has 5 N–H and O–H groups in total. The first-order valence-corrected chi connectivity index (χ1v) is 10.7. The summed E-state index contributed by atoms with van der Waals surface area (Å²) in [4.78, 5) is 13.3. The molecular weight excluding hydrogens is 441 g/mol. The van der Waals surface area contributed by atoms with E-state index in [4.69, 9.17) is 26.8 Å². The third-order valence-corrected chi connectivity index (χ3v) is 6.14. The Hall–Kier alpha value is -2.75. The zero-order valence-corrected chi connectivity index (χ0v) is 18.1. The molecule has 8 nitrogen and oxygen atoms in total. The number of fused-ring (bicyclic) bond motifs is 1. The number of aliphatic hydroxyl groups is 1. The van der Waals surface area contributed by atoms with Gasteiger partial charge in [0.05, 0.1) is 10.7 Å². The number of urea groups is 1. The van der Waals surface area contributed by atoms with Crippen LogP contribution in [0.1, 0.15) is 18.4 Å². The van der Waals surface area contributed by atoms with Crippen LogP contribution in [0.4, 0.5) is 14.9 Å². The van der Waals surface area contributed by atoms with E-state index in [-0.39, 0.29) is 40.2 Å². The maximum Gasteiger partial charge on any atom is 0.316 e. The number of nitrogens with one attached hydrogen (secondary N) is 1. The predicted octanol–water partition coefficient (Wildman–Crippen LogP) is 2.88. The third kappa shape index (κ3) is 5.01. The first-order chi connectivity index (χ1) is 15.2. The molecule has 0 radical (unpaired) electrons. The fourth-order valence-corrected chi connectivity index (χ4v) is 4.42. The van der Waals surface area contributed by atoms with E-state index >= 15 is 0 Å². The Morgan fingerprint density at radius 3 is 2.81 bits per heavy atom. The number of anilines is 1. The number of hydrogen-bond acceptors (Lipinski definition) is 6. The fourth-order valence-electron chi connectivity index (χ4n) is 4.25. The van der Waals surface area contributed by atoms with Crippen molar-refractivity contribution in [2.75, 3.05) is 31.6 Å². The second-order valence-corrected chi connectivity index (χ2v) is 8.68. The molecule has 2 amide bonds. The minimum atomic E-state index is -0.807. The van der Waals surface area contributed by atoms with Crippen LogP contribution >= 0.6 is 11.6 Å². The van der Waals surface area contributed by atoms with E-state index in [1.165, 1.54) is 24.3 Å². The number of amides is 2. The number of nitrogens with zero attached hydrogens (tertiary/aromatic N) is 1. The molecule has 2 aliphatic rings. The molecule has 0 aliphatic carbocycles. The van der Waals surface area contributed by atoms with Gasteiger partial charge in [0.25, 0.3) is 0 Å². The summed E-state index contributed by atoms with van der Waals surface area (Å²) >= 11 is 5.87. The lowest BCUT2D eigenvalue weighted by Crippen LogP contribution is -2.49. The average molecular weight is 466 g/mol. The summed E-state index contributed by atoms with van der Waals surface area (Å²) in [6.07, 6.45) is 1.43. The number of aromatic hydroxyl groups is 1. The van der Waals surface area contributed by atoms with E-state index in [0.717, 1.165) is 37.2 Å². The van der Waals surface area contributed by atoms with Gasteiger partial charge in [0.15, 0.2) is 0 Å². The van der Waals surface area contributed by atoms with Crippen LogP contribution < -0.4 is 20.5 Å². The number of rotatable bonds is 6. The number of ether oxygens (including phenoxy) is 2. The topological polar surface area (TPSA) is 117 Å². The zero-order valence-electron chi connectivity index (χ0n) is 17.3. The van der Waals surface area contributed by atoms with Crippen molar-refractivity contribution in [2.24, 2.45) is 5.73 Å². The minimum Gasteiger partial charge on any atom is -0.506 e. The number of aliphatic hydroxyl groups excluding tert-OH is 1. The molecular formula is C22H25ClFN3O5. The lowest BCUT2D eigenvalue weighted by Gasteiger charge is -2.39. The number of nitrogens with two attached hydrogens (primary N) is 1. The molecule has 0 aromatic heterocycles. The second kappa shape index (κ2) is 9.01. The quantitative estimate of drug-likeness (QED) is 0.487. The van der Waals surface area contributed by atoms with E-state index in [9.17, 15) is 19.4 Å². The number of halogens is 2. The van der Waals surface area contributed by atoms with Crippen molar-refractivity contribution < 1.29 is 28.9 Å². The molecule has 172 valence electrons. The number of carbonyl (C=O) groups is 1. The van der Waals surface area contributed by atoms with Crippen molar-refractivity contribution in [3.8, 4) is 17.2 Å². The lowest BCUT2D eigenvalue weighted by molar-refractivity contribution is -0.00192. The maximum absolute atomic E-state index is 13.5. The van der Waals surface area contributed by atoms with Crippen LogP contribution in [0.15, 0.2) is 30.3 Å². The van der Waals surface area contributed by atoms with Gasteiger partial charge in [0, 0.05) is 50.5 Å². The van der Waals surface area contributed by atoms with E-state index in [0.29, 0.717) is 13.0 Å². The van der Waals surface area contributed by atoms with Gasteiger partial charge in [0.2, 0.25) is 0 Å². The van der Waals surface area contributed by atoms with Gasteiger partial charge < -0.3 is 35.6 Å². The largest absolute Gasteiger partial charge is 0.506 e. The van der Waals surface area contributed by atoms with Gasteiger partial charge in [-0.05, 0) is 24.3 Å². The van der Waals surface area contributed by atoms with Crippen molar-refractivity contribution in [1.82, 2.24) is 4.90 Å². The minimum absolute atomic E-state index is 0.0305. The molecule has 2 aliphatic heterocycles. The SMILES string of the molecule is NC(=O)Nc1cc(Cl)c(O)cc1OC[C@@H](O)CN1CCC2(CC1)Cc1cc(F)ccc1O2. The zero-order chi connectivity index (χ0) is 22.9. The summed E-state index contributed by atoms with van der Waals surface area (Å²) in [7, 11) is 0. The molecule has 32 heavy (non-hydrogen) atoms. The summed E-state index contributed by atoms with van der Waals surface area (Å²) < 4.78 is 25.2. The summed E-state index contributed by atoms with van der Waals surface area (Å²) in [5.74, 6) is 0.421. The Morgan fingerprint density at radius 1 is 1.34 bits per heavy atom. The van der Waals surface area contributed by atoms with Gasteiger partial charge in [-0.15, -0.1) is 0 Å². The van der Waals surface area contributed by atoms with Gasteiger partial charge in [-0.3, -0.25) is 0 Å². The first kappa shape index (κ1) is 22.4. The summed E-state index contributed by atoms with van der Waals surface area (Å²) in [5.41, 5.74) is 5.93. The first-order valence-electron chi connectivity index (χ1n) is 10.3. The maximum atomic E-state index is 13.5. The molecule has 1 atom stereocenters. The molecule has 1 fully saturated rings. The van der Waals surface area contributed by atoms with Crippen LogP contribution in [0.2, 0.25) is 5.02 Å². The van der Waals surface area contributed by atoms with Gasteiger partial charge in [-0.1, -0.05) is 11.6 Å². The number of likely N-dealkylation sites (tertiary alicyclic amines) is 1. The molecule has 2 aromatic carbocycles. The third-order valence-electron chi connectivity index (χ3n) is 5.84. The van der Waals surface area contributed by atoms with Crippen molar-refractivity contribution in [3.63, 3.8) is 0 Å². The number of piperidine rings is 1. The average Bonchev–Trinajstić information content (AvgIpc) is 3.08. The Kier molecular flexibility index (Phi) is 6.32. The molecule has 4 rings (SSSR count). The Labute approximate surface area is 189 Å². The monoisotopic (exact) mass is 465 g/mol. The molecule has 10 heteroatoms. The van der Waals surface area contributed by atoms with E-state index < -0.39 is 12.1 Å². The lowest BCUT2D eigenvalue weighted by atomic mass is 9.87. The van der Waals surface area contributed by atoms with E-state index in [1.54, 1.807) is 6.07 Å². The number of hydrogen-bond donors (Lipinski definition) is 4. The Balaban J connectivity index is 1.29. The van der Waals surface area contributed by atoms with Crippen LogP contribution in [0.25, 0.3) is 0 Å². The van der Waals surface area contributed by atoms with Gasteiger partial charge in [-0.2, -0.15) is 0 Å². The van der Waals surface area contributed by atoms with Crippen LogP contribution in [-0.2, 0) is 6.42 Å². The highest BCUT2D eigenvalue weighted by Gasteiger charge is 2.42. The molecule has 1 saturated heterocycles. The molecule has 1 spiro atoms. The molecule has 2 heterocycles. The highest BCUT2D eigenvalue weighted by Crippen LogP contribution is 2.41. The summed E-state index contributed by atoms with van der Waals surface area (Å²) in [6.45, 7) is 1.78. The van der Waals surface area contributed by atoms with Crippen LogP contribution in [0, 0.1) is 5.82 Å². The van der Waals surface area contributed by atoms with Crippen molar-refractivity contribution in [2.45, 2.75) is 31.0 Å². The molecule has 2 aromatic rings. The summed E-state index contributed by atoms with van der Waals surface area (Å²) in [6, 6.07) is 6.39. The van der Waals surface area contributed by atoms with Crippen molar-refractivity contribution >= 4 is 23.3 Å². The highest BCUT2D eigenvalue weighted by molar-refractivity contribution is 6.32. The van der Waals surface area contributed by atoms with Crippen molar-refractivity contribution in [3.05, 3.63) is 46.7 Å². The number of phenols is 1. The molecule has 0 saturated carbocycles. The smallest absolute Gasteiger partial charge is 0.316 e. The van der Waals surface area contributed by atoms with Gasteiger partial charge >= 0.3 is 6.03 Å². The summed E-state index contributed by atoms with van der Waals surface area (Å²) in [5, 5.41) is 22.7. The van der Waals surface area contributed by atoms with Gasteiger partial charge in [-0.25, -0.2) is 9.18 Å². The van der Waals surface area contributed by atoms with E-state index in [2.05, 4.69) is 10.2 Å². The van der Waals surface area contributed by atoms with Crippen LogP contribution in [0.5, 0.6) is 17.2 Å². The van der Waals surface area contributed by atoms with Crippen LogP contribution in [0.3, 0.4) is 0 Å². The number of phenolic OH excluding ortho intramolecular Hbond substituents is 1. The number of benzene rings is 2. The van der Waals surface area contributed by atoms with Crippen LogP contribution in [-0.4, -0.2) is 59.1 Å². The number of primary amides is 1. The molecule has 0 unspecified atom stereocenters. The Morgan fingerprint density at radius 2 is 2.09 bits per heavy atom. The Bertz CT molecular complexity index is 1010. The highest BCUT2D eigenvalue weighted by atomic mass is 35.5. The normalized spacial score (nSPS) is 18.1. The van der Waals surface area contributed by atoms with E-state index in [1.807, 2.05) is 0 Å². The number of β-amino-alcohol motifs (C(OH)–C–C–N with tert-alkyl or cyclic N) is 1. The second-order valence-electron chi connectivity index (χ2n) is 8.27. The fraction of sp³-hybridized carbons (Fsp3) is 0.409. The predicted molar refractivity (Wildman–Crippen MR) is 117 cm³/mol. The number of carbonyl (C=O) groups excluding carboxylic acids is 1. The van der Waals surface area contributed by atoms with Crippen molar-refractivity contribution in [1.29, 1.82) is 0 Å². The standard InChI is InChI=1S/C22H25ClFN3O5/c23-16-8-17(26-21(25)30)20(9-18(16)29)31-12-15(28)11-27-5-3-22(4-6-27)10-13-7-14(24)1-2-19(13)32-22/h1-2,7-9,15,28-29H,3-6,10-12H2,(H3,25,26,30)/t15-/m0/s1. The molecule has 0 bridgehead atoms.